The van der Waals surface area contributed by atoms with Gasteiger partial charge in [-0.3, -0.25) is 0 Å². The molecule has 0 fully saturated rings. The van der Waals surface area contributed by atoms with Gasteiger partial charge < -0.3 is 9.47 Å². The van der Waals surface area contributed by atoms with Gasteiger partial charge in [0.2, 0.25) is 5.90 Å². The van der Waals surface area contributed by atoms with Crippen molar-refractivity contribution in [2.45, 2.75) is 27.4 Å². The second kappa shape index (κ2) is 5.63. The highest BCUT2D eigenvalue weighted by Crippen LogP contribution is 2.28. The van der Waals surface area contributed by atoms with Crippen molar-refractivity contribution in [3.8, 4) is 5.75 Å². The first-order valence-electron chi connectivity index (χ1n) is 6.34. The van der Waals surface area contributed by atoms with E-state index in [-0.39, 0.29) is 11.4 Å². The number of carbonyl (C=O) groups is 1. The number of esters is 1. The zero-order valence-electron chi connectivity index (χ0n) is 11.9. The molecule has 0 radical (unpaired) electrons. The van der Waals surface area contributed by atoms with E-state index in [1.165, 1.54) is 12.1 Å². The summed E-state index contributed by atoms with van der Waals surface area (Å²) in [4.78, 5) is 15.9. The molecule has 112 valence electrons. The van der Waals surface area contributed by atoms with E-state index in [2.05, 4.69) is 9.73 Å². The van der Waals surface area contributed by atoms with Crippen LogP contribution >= 0.6 is 0 Å². The number of halogens is 2. The largest absolute Gasteiger partial charge is 0.434 e. The van der Waals surface area contributed by atoms with Crippen LogP contribution in [0.1, 0.15) is 26.3 Å². The SMILES string of the molecule is CC(C)(C)C1=N/C(=C\c2ccccc2OC(F)F)C(=O)O1. The van der Waals surface area contributed by atoms with Crippen LogP contribution in [0.5, 0.6) is 5.75 Å². The maximum Gasteiger partial charge on any atom is 0.387 e. The fraction of sp³-hybridized carbons (Fsp3) is 0.333. The van der Waals surface area contributed by atoms with Crippen molar-refractivity contribution in [1.82, 2.24) is 0 Å². The van der Waals surface area contributed by atoms with Gasteiger partial charge in [-0.15, -0.1) is 0 Å². The number of para-hydroxylation sites is 1. The Morgan fingerprint density at radius 2 is 1.95 bits per heavy atom. The van der Waals surface area contributed by atoms with Gasteiger partial charge in [-0.1, -0.05) is 39.0 Å². The molecule has 0 aliphatic carbocycles. The highest BCUT2D eigenvalue weighted by molar-refractivity contribution is 6.08. The first-order valence-corrected chi connectivity index (χ1v) is 6.34. The Labute approximate surface area is 121 Å². The van der Waals surface area contributed by atoms with Gasteiger partial charge in [0, 0.05) is 11.0 Å². The third kappa shape index (κ3) is 3.65. The molecule has 1 aliphatic heterocycles. The number of cyclic esters (lactones) is 1. The van der Waals surface area contributed by atoms with E-state index < -0.39 is 18.0 Å². The fourth-order valence-electron chi connectivity index (χ4n) is 1.68. The molecule has 0 bridgehead atoms. The van der Waals surface area contributed by atoms with Gasteiger partial charge >= 0.3 is 12.6 Å². The summed E-state index contributed by atoms with van der Waals surface area (Å²) in [6.45, 7) is 2.63. The predicted octanol–water partition coefficient (Wildman–Crippen LogP) is 3.63. The van der Waals surface area contributed by atoms with Crippen LogP contribution in [0, 0.1) is 5.41 Å². The predicted molar refractivity (Wildman–Crippen MR) is 74.0 cm³/mol. The molecule has 4 nitrogen and oxygen atoms in total. The van der Waals surface area contributed by atoms with Gasteiger partial charge in [0.25, 0.3) is 0 Å². The minimum absolute atomic E-state index is 0.0211. The van der Waals surface area contributed by atoms with E-state index in [1.54, 1.807) is 18.2 Å². The normalized spacial score (nSPS) is 17.1. The quantitative estimate of drug-likeness (QED) is 0.632. The number of ether oxygens (including phenoxy) is 2. The second-order valence-corrected chi connectivity index (χ2v) is 5.50. The molecule has 0 saturated heterocycles. The van der Waals surface area contributed by atoms with Gasteiger partial charge in [0.1, 0.15) is 5.75 Å². The molecule has 0 saturated carbocycles. The van der Waals surface area contributed by atoms with Crippen LogP contribution in [0.3, 0.4) is 0 Å². The van der Waals surface area contributed by atoms with Crippen molar-refractivity contribution < 1.29 is 23.0 Å². The van der Waals surface area contributed by atoms with E-state index in [0.29, 0.717) is 11.5 Å². The highest BCUT2D eigenvalue weighted by Gasteiger charge is 2.31. The molecule has 1 aromatic rings. The summed E-state index contributed by atoms with van der Waals surface area (Å²) in [5.74, 6) is -0.329. The zero-order valence-corrected chi connectivity index (χ0v) is 11.9. The van der Waals surface area contributed by atoms with Crippen molar-refractivity contribution in [2.24, 2.45) is 10.4 Å². The fourth-order valence-corrected chi connectivity index (χ4v) is 1.68. The summed E-state index contributed by atoms with van der Waals surface area (Å²) in [6, 6.07) is 6.17. The van der Waals surface area contributed by atoms with Crippen LogP contribution in [0.25, 0.3) is 6.08 Å². The molecule has 0 amide bonds. The Balaban J connectivity index is 2.36. The molecule has 0 spiro atoms. The Kier molecular flexibility index (Phi) is 4.06. The number of carbonyl (C=O) groups excluding carboxylic acids is 1. The Bertz CT molecular complexity index is 616. The average molecular weight is 295 g/mol. The summed E-state index contributed by atoms with van der Waals surface area (Å²) in [7, 11) is 0. The third-order valence-electron chi connectivity index (χ3n) is 2.69. The molecule has 2 rings (SSSR count). The molecule has 0 N–H and O–H groups in total. The van der Waals surface area contributed by atoms with Crippen molar-refractivity contribution in [2.75, 3.05) is 0 Å². The van der Waals surface area contributed by atoms with Crippen LogP contribution in [0.4, 0.5) is 8.78 Å². The van der Waals surface area contributed by atoms with Crippen LogP contribution in [-0.2, 0) is 9.53 Å². The number of alkyl halides is 2. The molecule has 21 heavy (non-hydrogen) atoms. The number of hydrogen-bond donors (Lipinski definition) is 0. The highest BCUT2D eigenvalue weighted by atomic mass is 19.3. The number of rotatable bonds is 3. The topological polar surface area (TPSA) is 47.9 Å². The van der Waals surface area contributed by atoms with E-state index in [9.17, 15) is 13.6 Å². The monoisotopic (exact) mass is 295 g/mol. The second-order valence-electron chi connectivity index (χ2n) is 5.50. The lowest BCUT2D eigenvalue weighted by Gasteiger charge is -2.15. The van der Waals surface area contributed by atoms with Crippen molar-refractivity contribution in [3.63, 3.8) is 0 Å². The maximum absolute atomic E-state index is 12.3. The summed E-state index contributed by atoms with van der Waals surface area (Å²) >= 11 is 0. The zero-order chi connectivity index (χ0) is 15.6. The summed E-state index contributed by atoms with van der Waals surface area (Å²) in [5.41, 5.74) is -0.0153. The first-order chi connectivity index (χ1) is 9.77. The van der Waals surface area contributed by atoms with Gasteiger partial charge in [-0.25, -0.2) is 9.79 Å². The number of nitrogens with zero attached hydrogens (tertiary/aromatic N) is 1. The van der Waals surface area contributed by atoms with Gasteiger partial charge in [0.05, 0.1) is 0 Å². The minimum atomic E-state index is -2.94. The van der Waals surface area contributed by atoms with Crippen molar-refractivity contribution in [3.05, 3.63) is 35.5 Å². The van der Waals surface area contributed by atoms with Crippen molar-refractivity contribution >= 4 is 17.9 Å². The smallest absolute Gasteiger partial charge is 0.387 e. The van der Waals surface area contributed by atoms with E-state index in [4.69, 9.17) is 4.74 Å². The summed E-state index contributed by atoms with van der Waals surface area (Å²) < 4.78 is 34.2. The van der Waals surface area contributed by atoms with Crippen LogP contribution in [0.2, 0.25) is 0 Å². The lowest BCUT2D eigenvalue weighted by Crippen LogP contribution is -2.21. The molecule has 1 aromatic carbocycles. The summed E-state index contributed by atoms with van der Waals surface area (Å²) in [5, 5.41) is 0. The number of hydrogen-bond acceptors (Lipinski definition) is 4. The van der Waals surface area contributed by atoms with Gasteiger partial charge in [-0.2, -0.15) is 8.78 Å². The molecule has 1 aliphatic rings. The van der Waals surface area contributed by atoms with E-state index in [1.807, 2.05) is 20.8 Å². The van der Waals surface area contributed by atoms with Crippen molar-refractivity contribution in [1.29, 1.82) is 0 Å². The molecular formula is C15H15F2NO3. The number of benzene rings is 1. The Morgan fingerprint density at radius 3 is 2.52 bits per heavy atom. The van der Waals surface area contributed by atoms with E-state index in [0.717, 1.165) is 0 Å². The molecule has 1 heterocycles. The number of aliphatic imine (C=N–C) groups is 1. The van der Waals surface area contributed by atoms with Crippen LogP contribution < -0.4 is 4.74 Å². The van der Waals surface area contributed by atoms with Crippen LogP contribution in [0.15, 0.2) is 35.0 Å². The molecular weight excluding hydrogens is 280 g/mol. The molecule has 6 heteroatoms. The minimum Gasteiger partial charge on any atom is -0.434 e. The van der Waals surface area contributed by atoms with Gasteiger partial charge in [0.15, 0.2) is 5.70 Å². The standard InChI is InChI=1S/C15H15F2NO3/c1-15(2,3)13-18-10(12(19)21-13)8-9-6-4-5-7-11(9)20-14(16)17/h4-8,14H,1-3H3/b10-8-. The maximum atomic E-state index is 12.3. The van der Waals surface area contributed by atoms with Gasteiger partial charge in [-0.05, 0) is 12.1 Å². The van der Waals surface area contributed by atoms with E-state index >= 15 is 0 Å². The average Bonchev–Trinajstić information content (AvgIpc) is 2.73. The van der Waals surface area contributed by atoms with Crippen LogP contribution in [-0.4, -0.2) is 18.5 Å². The molecule has 0 aromatic heterocycles. The summed E-state index contributed by atoms with van der Waals surface area (Å²) in [6.07, 6.45) is 1.37. The lowest BCUT2D eigenvalue weighted by molar-refractivity contribution is -0.130. The Morgan fingerprint density at radius 1 is 1.29 bits per heavy atom. The Hall–Kier alpha value is -2.24. The molecule has 0 atom stereocenters. The first kappa shape index (κ1) is 15.2. The lowest BCUT2D eigenvalue weighted by atomic mass is 9.97. The molecule has 0 unspecified atom stereocenters. The third-order valence-corrected chi connectivity index (χ3v) is 2.69.